The number of carboxylic acids is 1. The van der Waals surface area contributed by atoms with Crippen molar-refractivity contribution in [3.05, 3.63) is 40.8 Å². The van der Waals surface area contributed by atoms with Crippen LogP contribution >= 0.6 is 0 Å². The van der Waals surface area contributed by atoms with Gasteiger partial charge in [-0.1, -0.05) is 0 Å². The number of aromatic carboxylic acids is 1. The monoisotopic (exact) mass is 339 g/mol. The third-order valence-electron chi connectivity index (χ3n) is 3.31. The zero-order chi connectivity index (χ0) is 17.9. The van der Waals surface area contributed by atoms with Crippen molar-refractivity contribution >= 4 is 23.6 Å². The van der Waals surface area contributed by atoms with Gasteiger partial charge in [-0.2, -0.15) is 0 Å². The molecule has 0 radical (unpaired) electrons. The van der Waals surface area contributed by atoms with Gasteiger partial charge in [0.15, 0.2) is 0 Å². The molecule has 128 valence electrons. The Kier molecular flexibility index (Phi) is 5.14. The lowest BCUT2D eigenvalue weighted by molar-refractivity contribution is -0.140. The summed E-state index contributed by atoms with van der Waals surface area (Å²) in [5.74, 6) is -3.79. The Labute approximate surface area is 136 Å². The molecule has 1 heterocycles. The molecule has 1 aliphatic rings. The number of carbonyl (C=O) groups is 3. The van der Waals surface area contributed by atoms with Gasteiger partial charge in [0.1, 0.15) is 18.2 Å². The van der Waals surface area contributed by atoms with E-state index < -0.39 is 23.7 Å². The molecule has 24 heavy (non-hydrogen) atoms. The molecule has 0 unspecified atom stereocenters. The average molecular weight is 339 g/mol. The number of anilines is 1. The summed E-state index contributed by atoms with van der Waals surface area (Å²) in [6, 6.07) is 2.95. The van der Waals surface area contributed by atoms with Gasteiger partial charge in [0.2, 0.25) is 0 Å². The molecule has 0 atom stereocenters. The fourth-order valence-corrected chi connectivity index (χ4v) is 2.24. The van der Waals surface area contributed by atoms with Crippen LogP contribution in [-0.4, -0.2) is 50.6 Å². The second-order valence-electron chi connectivity index (χ2n) is 4.68. The molecule has 0 saturated carbocycles. The first-order chi connectivity index (χ1) is 11.4. The van der Waals surface area contributed by atoms with Crippen molar-refractivity contribution in [3.8, 4) is 0 Å². The number of hydrogen-bond donors (Lipinski definition) is 1. The first-order valence-corrected chi connectivity index (χ1v) is 6.68. The molecule has 9 heteroatoms. The second-order valence-corrected chi connectivity index (χ2v) is 4.68. The molecule has 8 nitrogen and oxygen atoms in total. The predicted molar refractivity (Wildman–Crippen MR) is 77.7 cm³/mol. The van der Waals surface area contributed by atoms with E-state index in [1.807, 2.05) is 0 Å². The van der Waals surface area contributed by atoms with Crippen molar-refractivity contribution in [2.45, 2.75) is 0 Å². The van der Waals surface area contributed by atoms with Crippen molar-refractivity contribution in [2.75, 3.05) is 32.5 Å². The van der Waals surface area contributed by atoms with Crippen LogP contribution in [0, 0.1) is 5.82 Å². The zero-order valence-electron chi connectivity index (χ0n) is 12.9. The zero-order valence-corrected chi connectivity index (χ0v) is 12.9. The number of ether oxygens (including phenoxy) is 3. The van der Waals surface area contributed by atoms with Crippen LogP contribution < -0.4 is 4.90 Å². The number of carboxylic acid groups (broad SMARTS) is 1. The third kappa shape index (κ3) is 3.20. The summed E-state index contributed by atoms with van der Waals surface area (Å²) in [6.45, 7) is -0.500. The highest BCUT2D eigenvalue weighted by Crippen LogP contribution is 2.30. The Morgan fingerprint density at radius 3 is 2.46 bits per heavy atom. The molecule has 0 spiro atoms. The van der Waals surface area contributed by atoms with Crippen molar-refractivity contribution in [2.24, 2.45) is 0 Å². The molecule has 0 aromatic heterocycles. The lowest BCUT2D eigenvalue weighted by Crippen LogP contribution is -2.39. The molecule has 0 fully saturated rings. The highest BCUT2D eigenvalue weighted by molar-refractivity contribution is 6.05. The number of esters is 2. The van der Waals surface area contributed by atoms with E-state index in [1.54, 1.807) is 0 Å². The normalized spacial score (nSPS) is 14.4. The smallest absolute Gasteiger partial charge is 0.355 e. The number of rotatable bonds is 4. The molecular weight excluding hydrogens is 325 g/mol. The quantitative estimate of drug-likeness (QED) is 0.808. The highest BCUT2D eigenvalue weighted by Gasteiger charge is 2.34. The Morgan fingerprint density at radius 2 is 1.88 bits per heavy atom. The molecule has 1 aromatic rings. The molecule has 1 N–H and O–H groups in total. The summed E-state index contributed by atoms with van der Waals surface area (Å²) >= 11 is 0. The highest BCUT2D eigenvalue weighted by atomic mass is 19.1. The van der Waals surface area contributed by atoms with E-state index in [4.69, 9.17) is 4.74 Å². The van der Waals surface area contributed by atoms with Gasteiger partial charge in [0, 0.05) is 0 Å². The van der Waals surface area contributed by atoms with Gasteiger partial charge in [-0.05, 0) is 18.2 Å². The van der Waals surface area contributed by atoms with Gasteiger partial charge in [-0.25, -0.2) is 18.8 Å². The standard InChI is InChI=1S/C15H14FNO7/c1-22-14(20)10-6-24-7-17(12(10)15(21)23-2)11-5-8(16)3-4-9(11)13(18)19/h3-5H,6-7H2,1-2H3,(H,18,19). The number of nitrogens with zero attached hydrogens (tertiary/aromatic N) is 1. The molecule has 0 bridgehead atoms. The topological polar surface area (TPSA) is 102 Å². The van der Waals surface area contributed by atoms with Crippen LogP contribution in [0.25, 0.3) is 0 Å². The minimum absolute atomic E-state index is 0.149. The molecule has 0 amide bonds. The van der Waals surface area contributed by atoms with Gasteiger partial charge < -0.3 is 24.2 Å². The van der Waals surface area contributed by atoms with Crippen molar-refractivity contribution in [3.63, 3.8) is 0 Å². The van der Waals surface area contributed by atoms with Crippen LogP contribution in [-0.2, 0) is 23.8 Å². The molecule has 1 aromatic carbocycles. The van der Waals surface area contributed by atoms with Crippen molar-refractivity contribution < 1.29 is 38.1 Å². The first kappa shape index (κ1) is 17.4. The van der Waals surface area contributed by atoms with Crippen molar-refractivity contribution in [1.29, 1.82) is 0 Å². The van der Waals surface area contributed by atoms with Gasteiger partial charge in [0.25, 0.3) is 0 Å². The predicted octanol–water partition coefficient (Wildman–Crippen LogP) is 0.918. The van der Waals surface area contributed by atoms with E-state index in [2.05, 4.69) is 9.47 Å². The van der Waals surface area contributed by atoms with E-state index in [0.29, 0.717) is 0 Å². The summed E-state index contributed by atoms with van der Waals surface area (Å²) in [6.07, 6.45) is 0. The minimum Gasteiger partial charge on any atom is -0.478 e. The summed E-state index contributed by atoms with van der Waals surface area (Å²) < 4.78 is 28.1. The summed E-state index contributed by atoms with van der Waals surface area (Å²) in [5, 5.41) is 9.28. The summed E-state index contributed by atoms with van der Waals surface area (Å²) in [4.78, 5) is 36.4. The van der Waals surface area contributed by atoms with E-state index >= 15 is 0 Å². The summed E-state index contributed by atoms with van der Waals surface area (Å²) in [7, 11) is 2.22. The largest absolute Gasteiger partial charge is 0.478 e. The molecule has 2 rings (SSSR count). The Balaban J connectivity index is 2.68. The Morgan fingerprint density at radius 1 is 1.21 bits per heavy atom. The molecule has 1 aliphatic heterocycles. The Hall–Kier alpha value is -2.94. The maximum absolute atomic E-state index is 13.6. The fourth-order valence-electron chi connectivity index (χ4n) is 2.24. The minimum atomic E-state index is -1.33. The van der Waals surface area contributed by atoms with Crippen LogP contribution in [0.2, 0.25) is 0 Å². The summed E-state index contributed by atoms with van der Waals surface area (Å²) in [5.41, 5.74) is -0.837. The van der Waals surface area contributed by atoms with Crippen LogP contribution in [0.15, 0.2) is 29.5 Å². The van der Waals surface area contributed by atoms with Gasteiger partial charge in [-0.3, -0.25) is 0 Å². The number of hydrogen-bond acceptors (Lipinski definition) is 7. The van der Waals surface area contributed by atoms with Gasteiger partial charge >= 0.3 is 17.9 Å². The third-order valence-corrected chi connectivity index (χ3v) is 3.31. The average Bonchev–Trinajstić information content (AvgIpc) is 2.59. The molecular formula is C15H14FNO7. The maximum atomic E-state index is 13.6. The lowest BCUT2D eigenvalue weighted by atomic mass is 10.1. The van der Waals surface area contributed by atoms with Crippen LogP contribution in [0.4, 0.5) is 10.1 Å². The fraction of sp³-hybridized carbons (Fsp3) is 0.267. The van der Waals surface area contributed by atoms with E-state index in [0.717, 1.165) is 37.3 Å². The molecule has 0 aliphatic carbocycles. The van der Waals surface area contributed by atoms with E-state index in [1.165, 1.54) is 0 Å². The maximum Gasteiger partial charge on any atom is 0.355 e. The Bertz CT molecular complexity index is 729. The number of carbonyl (C=O) groups excluding carboxylic acids is 2. The van der Waals surface area contributed by atoms with Crippen LogP contribution in [0.1, 0.15) is 10.4 Å². The second kappa shape index (κ2) is 7.09. The number of methoxy groups -OCH3 is 2. The van der Waals surface area contributed by atoms with Gasteiger partial charge in [0.05, 0.1) is 37.7 Å². The SMILES string of the molecule is COC(=O)C1=C(C(=O)OC)N(c2cc(F)ccc2C(=O)O)COC1. The van der Waals surface area contributed by atoms with Crippen LogP contribution in [0.5, 0.6) is 0 Å². The molecule has 0 saturated heterocycles. The number of halogens is 1. The van der Waals surface area contributed by atoms with Crippen molar-refractivity contribution in [1.82, 2.24) is 0 Å². The van der Waals surface area contributed by atoms with Crippen LogP contribution in [0.3, 0.4) is 0 Å². The first-order valence-electron chi connectivity index (χ1n) is 6.68. The van der Waals surface area contributed by atoms with Gasteiger partial charge in [-0.15, -0.1) is 0 Å². The van der Waals surface area contributed by atoms with E-state index in [9.17, 15) is 23.9 Å². The van der Waals surface area contributed by atoms with E-state index in [-0.39, 0.29) is 35.9 Å². The lowest BCUT2D eigenvalue weighted by Gasteiger charge is -2.32. The number of benzene rings is 1.